The molecule has 1 N–H and O–H groups in total. The molecule has 1 heterocycles. The Morgan fingerprint density at radius 2 is 2.55 bits per heavy atom. The van der Waals surface area contributed by atoms with Gasteiger partial charge < -0.3 is 5.11 Å². The SMILES string of the molecule is CC(O)c1cnn(CCF)c1. The maximum absolute atomic E-state index is 11.8. The van der Waals surface area contributed by atoms with E-state index in [4.69, 9.17) is 5.11 Å². The number of hydrogen-bond acceptors (Lipinski definition) is 2. The Morgan fingerprint density at radius 1 is 1.82 bits per heavy atom. The van der Waals surface area contributed by atoms with Crippen molar-refractivity contribution >= 4 is 0 Å². The Morgan fingerprint density at radius 3 is 3.00 bits per heavy atom. The third-order valence-corrected chi connectivity index (χ3v) is 1.45. The van der Waals surface area contributed by atoms with Gasteiger partial charge in [-0.15, -0.1) is 0 Å². The summed E-state index contributed by atoms with van der Waals surface area (Å²) >= 11 is 0. The highest BCUT2D eigenvalue weighted by Crippen LogP contribution is 2.09. The number of alkyl halides is 1. The molecule has 0 aliphatic rings. The smallest absolute Gasteiger partial charge is 0.109 e. The van der Waals surface area contributed by atoms with Crippen LogP contribution in [-0.2, 0) is 6.54 Å². The van der Waals surface area contributed by atoms with Crippen molar-refractivity contribution in [1.82, 2.24) is 9.78 Å². The van der Waals surface area contributed by atoms with Crippen LogP contribution in [-0.4, -0.2) is 21.6 Å². The van der Waals surface area contributed by atoms with Crippen molar-refractivity contribution in [1.29, 1.82) is 0 Å². The molecule has 1 rings (SSSR count). The molecular weight excluding hydrogens is 147 g/mol. The molecule has 0 spiro atoms. The Kier molecular flexibility index (Phi) is 2.59. The highest BCUT2D eigenvalue weighted by atomic mass is 19.1. The van der Waals surface area contributed by atoms with Crippen molar-refractivity contribution in [2.75, 3.05) is 6.67 Å². The van der Waals surface area contributed by atoms with Crippen molar-refractivity contribution in [2.24, 2.45) is 0 Å². The second-order valence-corrected chi connectivity index (χ2v) is 2.40. The van der Waals surface area contributed by atoms with Crippen molar-refractivity contribution in [3.05, 3.63) is 18.0 Å². The minimum Gasteiger partial charge on any atom is -0.389 e. The summed E-state index contributed by atoms with van der Waals surface area (Å²) in [5.41, 5.74) is 0.721. The number of aryl methyl sites for hydroxylation is 1. The lowest BCUT2D eigenvalue weighted by Gasteiger charge is -1.97. The lowest BCUT2D eigenvalue weighted by molar-refractivity contribution is 0.199. The maximum atomic E-state index is 11.8. The van der Waals surface area contributed by atoms with Crippen molar-refractivity contribution in [3.8, 4) is 0 Å². The second kappa shape index (κ2) is 3.48. The second-order valence-electron chi connectivity index (χ2n) is 2.40. The van der Waals surface area contributed by atoms with Gasteiger partial charge in [0.05, 0.1) is 18.8 Å². The number of rotatable bonds is 3. The molecule has 0 amide bonds. The highest BCUT2D eigenvalue weighted by molar-refractivity contribution is 5.06. The Balaban J connectivity index is 2.66. The van der Waals surface area contributed by atoms with Crippen LogP contribution in [0.5, 0.6) is 0 Å². The minimum atomic E-state index is -0.525. The van der Waals surface area contributed by atoms with Gasteiger partial charge in [0.2, 0.25) is 0 Å². The van der Waals surface area contributed by atoms with E-state index in [2.05, 4.69) is 5.10 Å². The zero-order valence-electron chi connectivity index (χ0n) is 6.37. The fraction of sp³-hybridized carbons (Fsp3) is 0.571. The largest absolute Gasteiger partial charge is 0.389 e. The van der Waals surface area contributed by atoms with E-state index in [1.54, 1.807) is 19.3 Å². The van der Waals surface area contributed by atoms with Crippen LogP contribution < -0.4 is 0 Å². The molecule has 1 aromatic heterocycles. The van der Waals surface area contributed by atoms with Crippen LogP contribution in [0.25, 0.3) is 0 Å². The topological polar surface area (TPSA) is 38.1 Å². The first-order chi connectivity index (χ1) is 5.24. The monoisotopic (exact) mass is 158 g/mol. The summed E-state index contributed by atoms with van der Waals surface area (Å²) in [7, 11) is 0. The highest BCUT2D eigenvalue weighted by Gasteiger charge is 2.02. The summed E-state index contributed by atoms with van der Waals surface area (Å²) in [5, 5.41) is 12.9. The molecule has 4 heteroatoms. The zero-order chi connectivity index (χ0) is 8.27. The van der Waals surface area contributed by atoms with Crippen LogP contribution in [0.3, 0.4) is 0 Å². The van der Waals surface area contributed by atoms with E-state index in [1.807, 2.05) is 0 Å². The first-order valence-electron chi connectivity index (χ1n) is 3.50. The van der Waals surface area contributed by atoms with E-state index in [-0.39, 0.29) is 6.54 Å². The molecule has 11 heavy (non-hydrogen) atoms. The van der Waals surface area contributed by atoms with Crippen LogP contribution in [0, 0.1) is 0 Å². The van der Waals surface area contributed by atoms with Crippen LogP contribution in [0.2, 0.25) is 0 Å². The third-order valence-electron chi connectivity index (χ3n) is 1.45. The minimum absolute atomic E-state index is 0.257. The first-order valence-corrected chi connectivity index (χ1v) is 3.50. The molecule has 3 nitrogen and oxygen atoms in total. The van der Waals surface area contributed by atoms with Crippen molar-refractivity contribution in [2.45, 2.75) is 19.6 Å². The van der Waals surface area contributed by atoms with Gasteiger partial charge in [-0.3, -0.25) is 4.68 Å². The first kappa shape index (κ1) is 8.20. The summed E-state index contributed by atoms with van der Waals surface area (Å²) < 4.78 is 13.2. The standard InChI is InChI=1S/C7H11FN2O/c1-6(11)7-4-9-10(5-7)3-2-8/h4-6,11H,2-3H2,1H3. The molecule has 0 radical (unpaired) electrons. The molecule has 0 saturated carbocycles. The van der Waals surface area contributed by atoms with Crippen molar-refractivity contribution in [3.63, 3.8) is 0 Å². The van der Waals surface area contributed by atoms with E-state index < -0.39 is 12.8 Å². The average molecular weight is 158 g/mol. The van der Waals surface area contributed by atoms with Gasteiger partial charge in [-0.2, -0.15) is 5.10 Å². The van der Waals surface area contributed by atoms with Crippen molar-refractivity contribution < 1.29 is 9.50 Å². The van der Waals surface area contributed by atoms with Gasteiger partial charge in [0, 0.05) is 11.8 Å². The van der Waals surface area contributed by atoms with E-state index in [9.17, 15) is 4.39 Å². The van der Waals surface area contributed by atoms with Gasteiger partial charge in [0.1, 0.15) is 6.67 Å². The van der Waals surface area contributed by atoms with E-state index in [0.29, 0.717) is 0 Å². The summed E-state index contributed by atoms with van der Waals surface area (Å²) in [6.07, 6.45) is 2.66. The molecule has 62 valence electrons. The van der Waals surface area contributed by atoms with Gasteiger partial charge in [0.15, 0.2) is 0 Å². The number of aliphatic hydroxyl groups excluding tert-OH is 1. The lowest BCUT2D eigenvalue weighted by Crippen LogP contribution is -1.99. The number of aliphatic hydroxyl groups is 1. The predicted octanol–water partition coefficient (Wildman–Crippen LogP) is 0.906. The summed E-state index contributed by atoms with van der Waals surface area (Å²) in [6, 6.07) is 0. The third kappa shape index (κ3) is 2.01. The molecule has 1 unspecified atom stereocenters. The Hall–Kier alpha value is -0.900. The fourth-order valence-electron chi connectivity index (χ4n) is 0.804. The van der Waals surface area contributed by atoms with E-state index in [0.717, 1.165) is 5.56 Å². The molecule has 0 aromatic carbocycles. The lowest BCUT2D eigenvalue weighted by atomic mass is 10.2. The van der Waals surface area contributed by atoms with E-state index >= 15 is 0 Å². The maximum Gasteiger partial charge on any atom is 0.109 e. The Bertz CT molecular complexity index is 222. The van der Waals surface area contributed by atoms with Crippen LogP contribution >= 0.6 is 0 Å². The van der Waals surface area contributed by atoms with Gasteiger partial charge in [-0.1, -0.05) is 0 Å². The number of nitrogens with zero attached hydrogens (tertiary/aromatic N) is 2. The van der Waals surface area contributed by atoms with E-state index in [1.165, 1.54) is 4.68 Å². The van der Waals surface area contributed by atoms with Crippen LogP contribution in [0.4, 0.5) is 4.39 Å². The van der Waals surface area contributed by atoms with Crippen LogP contribution in [0.15, 0.2) is 12.4 Å². The summed E-state index contributed by atoms with van der Waals surface area (Å²) in [4.78, 5) is 0. The fourth-order valence-corrected chi connectivity index (χ4v) is 0.804. The molecule has 0 aliphatic heterocycles. The molecule has 0 aliphatic carbocycles. The number of aromatic nitrogens is 2. The van der Waals surface area contributed by atoms with Crippen LogP contribution in [0.1, 0.15) is 18.6 Å². The molecule has 1 aromatic rings. The average Bonchev–Trinajstić information content (AvgIpc) is 2.37. The molecule has 1 atom stereocenters. The molecule has 0 bridgehead atoms. The summed E-state index contributed by atoms with van der Waals surface area (Å²) in [6.45, 7) is 1.48. The number of halogens is 1. The quantitative estimate of drug-likeness (QED) is 0.709. The normalized spacial score (nSPS) is 13.4. The Labute approximate surface area is 64.5 Å². The van der Waals surface area contributed by atoms with Gasteiger partial charge in [-0.25, -0.2) is 4.39 Å². The molecule has 0 saturated heterocycles. The molecule has 0 fully saturated rings. The van der Waals surface area contributed by atoms with Gasteiger partial charge >= 0.3 is 0 Å². The predicted molar refractivity (Wildman–Crippen MR) is 38.8 cm³/mol. The summed E-state index contributed by atoms with van der Waals surface area (Å²) in [5.74, 6) is 0. The van der Waals surface area contributed by atoms with Gasteiger partial charge in [0.25, 0.3) is 0 Å². The van der Waals surface area contributed by atoms with Gasteiger partial charge in [-0.05, 0) is 6.92 Å². The molecular formula is C7H11FN2O. The zero-order valence-corrected chi connectivity index (χ0v) is 6.37. The number of hydrogen-bond donors (Lipinski definition) is 1.